The second-order valence-corrected chi connectivity index (χ2v) is 2.91. The Morgan fingerprint density at radius 3 is 3.13 bits per heavy atom. The van der Waals surface area contributed by atoms with Crippen LogP contribution in [0.1, 0.15) is 5.56 Å². The van der Waals surface area contributed by atoms with Gasteiger partial charge in [0.05, 0.1) is 19.6 Å². The first-order valence-corrected chi connectivity index (χ1v) is 4.50. The van der Waals surface area contributed by atoms with E-state index < -0.39 is 0 Å². The number of furan rings is 1. The highest BCUT2D eigenvalue weighted by Crippen LogP contribution is 2.08. The summed E-state index contributed by atoms with van der Waals surface area (Å²) in [4.78, 5) is 8.17. The maximum absolute atomic E-state index is 4.98. The van der Waals surface area contributed by atoms with Gasteiger partial charge in [-0.05, 0) is 6.07 Å². The Morgan fingerprint density at radius 1 is 1.47 bits per heavy atom. The van der Waals surface area contributed by atoms with Crippen molar-refractivity contribution in [2.45, 2.75) is 6.54 Å². The molecule has 2 heterocycles. The molecule has 5 nitrogen and oxygen atoms in total. The van der Waals surface area contributed by atoms with Crippen molar-refractivity contribution in [3.05, 3.63) is 36.4 Å². The van der Waals surface area contributed by atoms with Crippen molar-refractivity contribution in [1.29, 1.82) is 0 Å². The number of nitrogens with one attached hydrogen (secondary N) is 1. The van der Waals surface area contributed by atoms with Crippen LogP contribution in [0.15, 0.2) is 35.3 Å². The number of hydrogen-bond donors (Lipinski definition) is 1. The molecule has 15 heavy (non-hydrogen) atoms. The molecule has 0 aromatic carbocycles. The van der Waals surface area contributed by atoms with Crippen LogP contribution in [-0.4, -0.2) is 17.1 Å². The summed E-state index contributed by atoms with van der Waals surface area (Å²) in [5.41, 5.74) is 1.04. The van der Waals surface area contributed by atoms with Gasteiger partial charge >= 0.3 is 0 Å². The lowest BCUT2D eigenvalue weighted by atomic mass is 10.3. The van der Waals surface area contributed by atoms with Crippen molar-refractivity contribution >= 4 is 5.95 Å². The number of rotatable bonds is 4. The van der Waals surface area contributed by atoms with E-state index in [9.17, 15) is 0 Å². The lowest BCUT2D eigenvalue weighted by Gasteiger charge is -2.03. The van der Waals surface area contributed by atoms with E-state index in [0.717, 1.165) is 5.56 Å². The first-order chi connectivity index (χ1) is 7.38. The molecule has 78 valence electrons. The molecule has 2 aromatic rings. The summed E-state index contributed by atoms with van der Waals surface area (Å²) >= 11 is 0. The van der Waals surface area contributed by atoms with E-state index in [1.54, 1.807) is 31.9 Å². The fourth-order valence-corrected chi connectivity index (χ4v) is 1.12. The van der Waals surface area contributed by atoms with Crippen molar-refractivity contribution in [2.24, 2.45) is 0 Å². The summed E-state index contributed by atoms with van der Waals surface area (Å²) in [5.74, 6) is 1.08. The van der Waals surface area contributed by atoms with Crippen LogP contribution in [-0.2, 0) is 6.54 Å². The minimum atomic E-state index is 0.538. The Kier molecular flexibility index (Phi) is 2.82. The van der Waals surface area contributed by atoms with Crippen LogP contribution >= 0.6 is 0 Å². The van der Waals surface area contributed by atoms with Gasteiger partial charge in [-0.1, -0.05) is 0 Å². The second-order valence-electron chi connectivity index (χ2n) is 2.91. The Balaban J connectivity index is 1.98. The van der Waals surface area contributed by atoms with E-state index in [4.69, 9.17) is 9.15 Å². The average Bonchev–Trinajstić information content (AvgIpc) is 2.79. The van der Waals surface area contributed by atoms with Crippen LogP contribution in [0.25, 0.3) is 0 Å². The topological polar surface area (TPSA) is 60.2 Å². The third-order valence-electron chi connectivity index (χ3n) is 1.87. The molecule has 0 fully saturated rings. The normalized spacial score (nSPS) is 9.93. The molecule has 0 bridgehead atoms. The van der Waals surface area contributed by atoms with Crippen molar-refractivity contribution in [3.8, 4) is 5.88 Å². The highest BCUT2D eigenvalue weighted by molar-refractivity contribution is 5.28. The zero-order chi connectivity index (χ0) is 10.5. The van der Waals surface area contributed by atoms with Gasteiger partial charge in [0.1, 0.15) is 0 Å². The second kappa shape index (κ2) is 4.45. The first-order valence-electron chi connectivity index (χ1n) is 4.50. The third kappa shape index (κ3) is 2.46. The molecule has 2 rings (SSSR count). The number of nitrogens with zero attached hydrogens (tertiary/aromatic N) is 2. The Bertz CT molecular complexity index is 414. The van der Waals surface area contributed by atoms with Crippen LogP contribution in [0.5, 0.6) is 5.88 Å². The Morgan fingerprint density at radius 2 is 2.40 bits per heavy atom. The molecule has 0 aliphatic heterocycles. The van der Waals surface area contributed by atoms with Crippen molar-refractivity contribution in [3.63, 3.8) is 0 Å². The SMILES string of the molecule is COc1ccnc(NCc2ccoc2)n1. The van der Waals surface area contributed by atoms with Gasteiger partial charge in [0.2, 0.25) is 11.8 Å². The molecule has 0 spiro atoms. The van der Waals surface area contributed by atoms with E-state index in [0.29, 0.717) is 18.4 Å². The van der Waals surface area contributed by atoms with E-state index in [1.165, 1.54) is 0 Å². The summed E-state index contributed by atoms with van der Waals surface area (Å²) in [6, 6.07) is 3.58. The molecule has 0 atom stereocenters. The maximum Gasteiger partial charge on any atom is 0.226 e. The summed E-state index contributed by atoms with van der Waals surface area (Å²) in [6.45, 7) is 0.629. The summed E-state index contributed by atoms with van der Waals surface area (Å²) < 4.78 is 9.92. The number of ether oxygens (including phenoxy) is 1. The van der Waals surface area contributed by atoms with Gasteiger partial charge in [-0.3, -0.25) is 0 Å². The average molecular weight is 205 g/mol. The highest BCUT2D eigenvalue weighted by atomic mass is 16.5. The molecule has 0 unspecified atom stereocenters. The predicted octanol–water partition coefficient (Wildman–Crippen LogP) is 1.69. The van der Waals surface area contributed by atoms with Crippen LogP contribution in [0.3, 0.4) is 0 Å². The molecule has 0 aliphatic rings. The van der Waals surface area contributed by atoms with E-state index in [2.05, 4.69) is 15.3 Å². The van der Waals surface area contributed by atoms with E-state index in [-0.39, 0.29) is 0 Å². The minimum absolute atomic E-state index is 0.538. The van der Waals surface area contributed by atoms with Gasteiger partial charge < -0.3 is 14.5 Å². The van der Waals surface area contributed by atoms with E-state index in [1.807, 2.05) is 6.07 Å². The largest absolute Gasteiger partial charge is 0.481 e. The molecule has 1 N–H and O–H groups in total. The fourth-order valence-electron chi connectivity index (χ4n) is 1.12. The summed E-state index contributed by atoms with van der Waals surface area (Å²) in [6.07, 6.45) is 4.94. The molecule has 0 radical (unpaired) electrons. The molecule has 0 amide bonds. The van der Waals surface area contributed by atoms with Crippen LogP contribution in [0.4, 0.5) is 5.95 Å². The van der Waals surface area contributed by atoms with Gasteiger partial charge in [0, 0.05) is 24.4 Å². The monoisotopic (exact) mass is 205 g/mol. The fraction of sp³-hybridized carbons (Fsp3) is 0.200. The lowest BCUT2D eigenvalue weighted by molar-refractivity contribution is 0.397. The van der Waals surface area contributed by atoms with Crippen LogP contribution < -0.4 is 10.1 Å². The predicted molar refractivity (Wildman–Crippen MR) is 54.6 cm³/mol. The van der Waals surface area contributed by atoms with Gasteiger partial charge in [-0.25, -0.2) is 4.98 Å². The summed E-state index contributed by atoms with van der Waals surface area (Å²) in [5, 5.41) is 3.06. The number of aromatic nitrogens is 2. The first kappa shape index (κ1) is 9.51. The van der Waals surface area contributed by atoms with Gasteiger partial charge in [-0.2, -0.15) is 4.98 Å². The quantitative estimate of drug-likeness (QED) is 0.823. The van der Waals surface area contributed by atoms with Gasteiger partial charge in [0.15, 0.2) is 0 Å². The Hall–Kier alpha value is -2.04. The van der Waals surface area contributed by atoms with Gasteiger partial charge in [0.25, 0.3) is 0 Å². The smallest absolute Gasteiger partial charge is 0.226 e. The molecule has 2 aromatic heterocycles. The lowest BCUT2D eigenvalue weighted by Crippen LogP contribution is -2.03. The van der Waals surface area contributed by atoms with Crippen LogP contribution in [0.2, 0.25) is 0 Å². The highest BCUT2D eigenvalue weighted by Gasteiger charge is 1.99. The van der Waals surface area contributed by atoms with Crippen molar-refractivity contribution < 1.29 is 9.15 Å². The molecular weight excluding hydrogens is 194 g/mol. The standard InChI is InChI=1S/C10H11N3O2/c1-14-9-2-4-11-10(13-9)12-6-8-3-5-15-7-8/h2-5,7H,6H2,1H3,(H,11,12,13). The molecule has 5 heteroatoms. The minimum Gasteiger partial charge on any atom is -0.481 e. The van der Waals surface area contributed by atoms with E-state index >= 15 is 0 Å². The number of hydrogen-bond acceptors (Lipinski definition) is 5. The molecule has 0 saturated heterocycles. The molecule has 0 saturated carbocycles. The van der Waals surface area contributed by atoms with Crippen molar-refractivity contribution in [2.75, 3.05) is 12.4 Å². The number of anilines is 1. The summed E-state index contributed by atoms with van der Waals surface area (Å²) in [7, 11) is 1.57. The zero-order valence-corrected chi connectivity index (χ0v) is 8.30. The maximum atomic E-state index is 4.98. The molecule has 0 aliphatic carbocycles. The number of methoxy groups -OCH3 is 1. The third-order valence-corrected chi connectivity index (χ3v) is 1.87. The molecular formula is C10H11N3O2. The van der Waals surface area contributed by atoms with Crippen molar-refractivity contribution in [1.82, 2.24) is 9.97 Å². The Labute approximate surface area is 87.1 Å². The van der Waals surface area contributed by atoms with Gasteiger partial charge in [-0.15, -0.1) is 0 Å². The van der Waals surface area contributed by atoms with Crippen LogP contribution in [0, 0.1) is 0 Å². The zero-order valence-electron chi connectivity index (χ0n) is 8.30.